The molecule has 86 heavy (non-hydrogen) atoms. The number of hydrogen-bond acceptors (Lipinski definition) is 10. The van der Waals surface area contributed by atoms with E-state index in [1.165, 1.54) is 21.7 Å². The molecule has 0 bridgehead atoms. The van der Waals surface area contributed by atoms with Gasteiger partial charge >= 0.3 is 0 Å². The van der Waals surface area contributed by atoms with E-state index in [-0.39, 0.29) is 34.7 Å². The van der Waals surface area contributed by atoms with Gasteiger partial charge in [0.1, 0.15) is 58.9 Å². The van der Waals surface area contributed by atoms with Crippen LogP contribution >= 0.6 is 44.4 Å². The van der Waals surface area contributed by atoms with Crippen LogP contribution < -0.4 is 60.2 Å². The molecular formula is C70H92O10P6. The molecule has 0 spiro atoms. The van der Waals surface area contributed by atoms with Gasteiger partial charge in [-0.05, 0) is 124 Å². The minimum Gasteiger partial charge on any atom is -0.485 e. The van der Waals surface area contributed by atoms with E-state index < -0.39 is 76.7 Å². The number of hydrogen-bond donors (Lipinski definition) is 0. The van der Waals surface area contributed by atoms with Crippen LogP contribution in [0.5, 0.6) is 34.5 Å². The Hall–Kier alpha value is -4.10. The number of benzene rings is 6. The molecule has 6 aromatic carbocycles. The fraction of sp³-hybridized carbons (Fsp3) is 0.486. The Balaban J connectivity index is 0.000000143. The standard InChI is InChI=1S/C24H32O4P2.C24H32O2P2.C22H28O4P2/c1-15-27-19-13-9-11-17(21(19)29(15,25)23(3,4)5)18-12-10-14-20-22(18)30(26,16(2)28-20)24(6,7)8;1-15-25-19-13-9-11-17(21(19)27(15)23(3,4)5)18-12-10-14-20-22(18)28(16(2)26-20)24(6,7)8;1-21(2,3)27(23)13-25-17-11-7-9-15(19(17)27)16-10-8-12-18-20(16)28(24,14-26-18)22(4,5)6/h9-16H,1-8H3;9-16H,1-8H3;7-12H,13-14H2,1-6H3/t15-,16-,29-,30-;15-,16-,27+,28+;27-,28-/m000/s1. The summed E-state index contributed by atoms with van der Waals surface area (Å²) in [7, 11) is -12.3. The normalized spacial score (nSPS) is 27.8. The number of rotatable bonds is 3. The van der Waals surface area contributed by atoms with E-state index in [9.17, 15) is 18.3 Å². The van der Waals surface area contributed by atoms with Gasteiger partial charge in [0.2, 0.25) is 0 Å². The zero-order chi connectivity index (χ0) is 63.2. The molecule has 6 aromatic rings. The van der Waals surface area contributed by atoms with Crippen molar-refractivity contribution >= 4 is 76.2 Å². The van der Waals surface area contributed by atoms with Crippen molar-refractivity contribution in [2.45, 2.75) is 207 Å². The Morgan fingerprint density at radius 3 is 0.884 bits per heavy atom. The summed E-state index contributed by atoms with van der Waals surface area (Å²) in [6.07, 6.45) is 0.427. The van der Waals surface area contributed by atoms with Crippen molar-refractivity contribution in [3.63, 3.8) is 0 Å². The smallest absolute Gasteiger partial charge is 0.163 e. The molecule has 10 nitrogen and oxygen atoms in total. The van der Waals surface area contributed by atoms with E-state index in [1.807, 2.05) is 170 Å². The minimum atomic E-state index is -2.91. The third-order valence-corrected chi connectivity index (χ3v) is 40.7. The van der Waals surface area contributed by atoms with E-state index in [4.69, 9.17) is 28.4 Å². The van der Waals surface area contributed by atoms with E-state index in [2.05, 4.69) is 91.8 Å². The van der Waals surface area contributed by atoms with Crippen molar-refractivity contribution in [1.29, 1.82) is 0 Å². The lowest BCUT2D eigenvalue weighted by atomic mass is 10.0. The summed E-state index contributed by atoms with van der Waals surface area (Å²) in [6, 6.07) is 36.4. The summed E-state index contributed by atoms with van der Waals surface area (Å²) >= 11 is 0. The first-order chi connectivity index (χ1) is 39.6. The van der Waals surface area contributed by atoms with Crippen LogP contribution in [0, 0.1) is 0 Å². The zero-order valence-corrected chi connectivity index (χ0v) is 60.2. The molecule has 0 N–H and O–H groups in total. The summed E-state index contributed by atoms with van der Waals surface area (Å²) in [5, 5.41) is 4.64. The van der Waals surface area contributed by atoms with Gasteiger partial charge in [-0.25, -0.2) is 0 Å². The second-order valence-corrected chi connectivity index (χ2v) is 51.1. The van der Waals surface area contributed by atoms with Gasteiger partial charge in [-0.2, -0.15) is 0 Å². The second-order valence-electron chi connectivity index (χ2n) is 29.9. The summed E-state index contributed by atoms with van der Waals surface area (Å²) < 4.78 is 93.8. The Bertz CT molecular complexity index is 3630. The van der Waals surface area contributed by atoms with Crippen molar-refractivity contribution in [3.8, 4) is 67.9 Å². The maximum atomic E-state index is 14.5. The summed E-state index contributed by atoms with van der Waals surface area (Å²) in [6.45, 7) is 46.5. The predicted octanol–water partition coefficient (Wildman–Crippen LogP) is 18.7. The minimum absolute atomic E-state index is 0.201. The Morgan fingerprint density at radius 2 is 0.605 bits per heavy atom. The van der Waals surface area contributed by atoms with Crippen LogP contribution in [0.4, 0.5) is 0 Å². The van der Waals surface area contributed by atoms with Crippen LogP contribution in [0.3, 0.4) is 0 Å². The van der Waals surface area contributed by atoms with Gasteiger partial charge in [0, 0.05) is 31.2 Å². The van der Waals surface area contributed by atoms with Gasteiger partial charge in [0.25, 0.3) is 0 Å². The molecule has 0 radical (unpaired) electrons. The molecule has 0 aromatic heterocycles. The van der Waals surface area contributed by atoms with Gasteiger partial charge in [-0.15, -0.1) is 0 Å². The average Bonchev–Trinajstić information content (AvgIpc) is 1.53. The fourth-order valence-electron chi connectivity index (χ4n) is 13.7. The van der Waals surface area contributed by atoms with E-state index in [0.717, 1.165) is 55.0 Å². The zero-order valence-electron chi connectivity index (χ0n) is 54.9. The van der Waals surface area contributed by atoms with E-state index in [1.54, 1.807) is 0 Å². The average molecular weight is 1280 g/mol. The van der Waals surface area contributed by atoms with Gasteiger partial charge < -0.3 is 46.7 Å². The lowest BCUT2D eigenvalue weighted by molar-refractivity contribution is 0.303. The van der Waals surface area contributed by atoms with Crippen LogP contribution in [0.25, 0.3) is 33.4 Å². The summed E-state index contributed by atoms with van der Waals surface area (Å²) in [5.41, 5.74) is 6.15. The molecule has 0 saturated heterocycles. The molecule has 0 fully saturated rings. The Kier molecular flexibility index (Phi) is 16.4. The van der Waals surface area contributed by atoms with Gasteiger partial charge in [0.05, 0.1) is 21.2 Å². The lowest BCUT2D eigenvalue weighted by Gasteiger charge is -2.33. The molecule has 6 heterocycles. The van der Waals surface area contributed by atoms with Gasteiger partial charge in [0.15, 0.2) is 40.3 Å². The highest BCUT2D eigenvalue weighted by molar-refractivity contribution is 7.76. The maximum Gasteiger partial charge on any atom is 0.163 e. The third kappa shape index (κ3) is 10.3. The Labute approximate surface area is 516 Å². The van der Waals surface area contributed by atoms with Crippen molar-refractivity contribution in [3.05, 3.63) is 109 Å². The first-order valence-corrected chi connectivity index (χ1v) is 40.5. The van der Waals surface area contributed by atoms with Crippen LogP contribution in [0.2, 0.25) is 0 Å². The fourth-order valence-corrected chi connectivity index (χ4v) is 32.0. The highest BCUT2D eigenvalue weighted by Crippen LogP contribution is 2.71. The Morgan fingerprint density at radius 1 is 0.337 bits per heavy atom. The third-order valence-electron chi connectivity index (χ3n) is 18.1. The summed E-state index contributed by atoms with van der Waals surface area (Å²) in [4.78, 5) is 0. The van der Waals surface area contributed by atoms with E-state index >= 15 is 0 Å². The van der Waals surface area contributed by atoms with Crippen molar-refractivity contribution in [2.24, 2.45) is 0 Å². The highest BCUT2D eigenvalue weighted by atomic mass is 31.2. The molecule has 0 aliphatic carbocycles. The summed E-state index contributed by atoms with van der Waals surface area (Å²) in [5.74, 6) is 4.58. The van der Waals surface area contributed by atoms with Gasteiger partial charge in [-0.3, -0.25) is 0 Å². The van der Waals surface area contributed by atoms with Crippen molar-refractivity contribution in [1.82, 2.24) is 0 Å². The molecule has 0 unspecified atom stereocenters. The second kappa shape index (κ2) is 21.8. The molecule has 6 aliphatic heterocycles. The molecule has 10 atom stereocenters. The van der Waals surface area contributed by atoms with Crippen LogP contribution in [-0.2, 0) is 18.3 Å². The topological polar surface area (TPSA) is 124 Å². The molecule has 0 saturated carbocycles. The first kappa shape index (κ1) is 64.9. The van der Waals surface area contributed by atoms with Gasteiger partial charge in [-0.1, -0.05) is 197 Å². The SMILES string of the molecule is CC(C)(C)[P@]1(=O)COc2cccc(-c3cccc4c3[P@](=O)(C(C)(C)C)CO4)c21.C[C@H]1Oc2cccc(-c3cccc4c3[P@](=O)(C(C)(C)C)[C@@H](C)O4)c2[P@]1(=O)C(C)(C)C.C[C@H]1Oc2cccc(-c3cccc4c3[P@](C(C)(C)C)[C@@H](C)O4)c2[P@]1C(C)(C)C. The molecule has 0 amide bonds. The highest BCUT2D eigenvalue weighted by Gasteiger charge is 2.56. The maximum absolute atomic E-state index is 14.5. The molecule has 12 rings (SSSR count). The van der Waals surface area contributed by atoms with Crippen LogP contribution in [0.15, 0.2) is 109 Å². The van der Waals surface area contributed by atoms with E-state index in [0.29, 0.717) is 23.0 Å². The number of ether oxygens (including phenoxy) is 6. The first-order valence-electron chi connectivity index (χ1n) is 30.3. The molecule has 462 valence electrons. The molecule has 6 aliphatic rings. The predicted molar refractivity (Wildman–Crippen MR) is 368 cm³/mol. The lowest BCUT2D eigenvalue weighted by Crippen LogP contribution is -2.29. The molecular weight excluding hydrogens is 1190 g/mol. The monoisotopic (exact) mass is 1280 g/mol. The van der Waals surface area contributed by atoms with Crippen molar-refractivity contribution < 1.29 is 46.7 Å². The quantitative estimate of drug-likeness (QED) is 0.158. The number of fused-ring (bicyclic) bond motifs is 6. The largest absolute Gasteiger partial charge is 0.485 e. The van der Waals surface area contributed by atoms with Crippen LogP contribution in [-0.4, -0.2) is 67.0 Å². The van der Waals surface area contributed by atoms with Crippen LogP contribution in [0.1, 0.15) is 152 Å². The molecule has 16 heteroatoms. The van der Waals surface area contributed by atoms with Crippen molar-refractivity contribution in [2.75, 3.05) is 12.7 Å².